The van der Waals surface area contributed by atoms with Gasteiger partial charge in [0.25, 0.3) is 44.0 Å². The van der Waals surface area contributed by atoms with Gasteiger partial charge in [-0.25, -0.2) is 19.9 Å². The number of anilines is 6. The van der Waals surface area contributed by atoms with E-state index in [0.717, 1.165) is 0 Å². The Bertz CT molecular complexity index is 4760. The molecule has 28 N–H and O–H groups in total. The molecule has 16 atom stereocenters. The molecule has 4 saturated heterocycles. The number of aromatic hydroxyl groups is 2. The zero-order valence-corrected chi connectivity index (χ0v) is 47.6. The van der Waals surface area contributed by atoms with E-state index < -0.39 is 160 Å². The number of nitrogens with zero attached hydrogens (tertiary/aromatic N) is 12. The Kier molecular flexibility index (Phi) is 17.4. The van der Waals surface area contributed by atoms with Crippen molar-refractivity contribution in [3.8, 4) is 11.5 Å². The Balaban J connectivity index is 0.000000153. The van der Waals surface area contributed by atoms with Crippen LogP contribution in [-0.4, -0.2) is 229 Å². The SMILES string of the molecule is NC[C@H]1O[C@@H](n2cnc3c(=O)[nH]c(N)nc32)[C@H](O)[C@@H]1O.Nc1nc2c(ncn2[C@@H]2O[C@H](CNc3c(N[C@H]4[C@@H](O)[C@H](n5cnc6c(=O)[nH]c(N)nc65)O[C@@H]4CO)c(=O)c3=O)[C@@H](O)[C@H]2O)c(=O)[nH]1.Nc1nc2c(ncn2[C@@H]2O[C@H](CO)[C@@H](N)[C@H]2O)c(=O)[nH]1.O=c1c(O)c(O)c1=O. The lowest BCUT2D eigenvalue weighted by Gasteiger charge is -2.25. The van der Waals surface area contributed by atoms with Crippen LogP contribution in [0, 0.1) is 0 Å². The van der Waals surface area contributed by atoms with E-state index >= 15 is 0 Å². The molecule has 4 aliphatic heterocycles. The highest BCUT2D eigenvalue weighted by Gasteiger charge is 2.49. The van der Waals surface area contributed by atoms with Crippen LogP contribution in [0.5, 0.6) is 11.5 Å². The number of aliphatic hydroxyl groups excluding tert-OH is 8. The van der Waals surface area contributed by atoms with Crippen LogP contribution < -0.4 is 89.0 Å². The van der Waals surface area contributed by atoms with E-state index in [1.54, 1.807) is 0 Å². The topological polar surface area (TPSA) is 742 Å². The van der Waals surface area contributed by atoms with Gasteiger partial charge in [-0.1, -0.05) is 0 Å². The second-order valence-electron chi connectivity index (χ2n) is 21.3. The first-order valence-electron chi connectivity index (χ1n) is 27.5. The van der Waals surface area contributed by atoms with Gasteiger partial charge in [0.1, 0.15) is 72.4 Å². The number of fused-ring (bicyclic) bond motifs is 4. The number of rotatable bonds is 12. The molecule has 2 aromatic carbocycles. The first-order chi connectivity index (χ1) is 44.7. The van der Waals surface area contributed by atoms with Crippen molar-refractivity contribution in [2.24, 2.45) is 11.5 Å². The lowest BCUT2D eigenvalue weighted by molar-refractivity contribution is -0.0488. The number of aliphatic hydroxyl groups is 8. The van der Waals surface area contributed by atoms with Crippen LogP contribution >= 0.6 is 0 Å². The molecule has 0 saturated carbocycles. The van der Waals surface area contributed by atoms with Crippen LogP contribution in [0.3, 0.4) is 0 Å². The Morgan fingerprint density at radius 1 is 0.447 bits per heavy atom. The summed E-state index contributed by atoms with van der Waals surface area (Å²) in [5.74, 6) is -2.20. The van der Waals surface area contributed by atoms with E-state index in [0.29, 0.717) is 0 Å². The lowest BCUT2D eigenvalue weighted by Crippen LogP contribution is -2.46. The molecule has 0 amide bonds. The Morgan fingerprint density at radius 2 is 0.777 bits per heavy atom. The summed E-state index contributed by atoms with van der Waals surface area (Å²) in [7, 11) is 0. The molecular formula is C48H56N24O22. The summed E-state index contributed by atoms with van der Waals surface area (Å²) >= 11 is 0. The Hall–Kier alpha value is -10.6. The van der Waals surface area contributed by atoms with Crippen LogP contribution in [0.2, 0.25) is 0 Å². The number of imidazole rings is 4. The summed E-state index contributed by atoms with van der Waals surface area (Å²) in [4.78, 5) is 134. The maximum atomic E-state index is 12.6. The average Bonchev–Trinajstić information content (AvgIpc) is 1.46. The summed E-state index contributed by atoms with van der Waals surface area (Å²) < 4.78 is 27.8. The summed E-state index contributed by atoms with van der Waals surface area (Å²) in [6, 6.07) is -1.88. The van der Waals surface area contributed by atoms with Crippen LogP contribution in [0.15, 0.2) is 63.7 Å². The van der Waals surface area contributed by atoms with Crippen LogP contribution in [0.4, 0.5) is 35.2 Å². The highest BCUT2D eigenvalue weighted by atomic mass is 16.6. The van der Waals surface area contributed by atoms with E-state index in [-0.39, 0.29) is 99.5 Å². The summed E-state index contributed by atoms with van der Waals surface area (Å²) in [5.41, 5.74) is 27.3. The predicted octanol–water partition coefficient (Wildman–Crippen LogP) is -12.0. The number of ether oxygens (including phenoxy) is 4. The molecule has 10 aromatic rings. The van der Waals surface area contributed by atoms with Crippen molar-refractivity contribution in [2.75, 3.05) is 59.9 Å². The van der Waals surface area contributed by atoms with Crippen molar-refractivity contribution in [3.63, 3.8) is 0 Å². The smallest absolute Gasteiger partial charge is 0.280 e. The van der Waals surface area contributed by atoms with Gasteiger partial charge in [-0.3, -0.25) is 76.6 Å². The Labute approximate surface area is 515 Å². The predicted molar refractivity (Wildman–Crippen MR) is 315 cm³/mol. The zero-order chi connectivity index (χ0) is 67.8. The van der Waals surface area contributed by atoms with Gasteiger partial charge in [0.2, 0.25) is 35.3 Å². The van der Waals surface area contributed by atoms with E-state index in [1.165, 1.54) is 43.6 Å². The molecule has 12 heterocycles. The summed E-state index contributed by atoms with van der Waals surface area (Å²) in [6.45, 7) is -1.15. The largest absolute Gasteiger partial charge is 0.501 e. The fourth-order valence-corrected chi connectivity index (χ4v) is 10.7. The highest BCUT2D eigenvalue weighted by molar-refractivity contribution is 5.75. The molecule has 14 rings (SSSR count). The molecule has 500 valence electrons. The number of nitrogens with two attached hydrogens (primary N) is 6. The number of aromatic nitrogens is 16. The maximum absolute atomic E-state index is 12.6. The average molecular weight is 1320 g/mol. The van der Waals surface area contributed by atoms with Gasteiger partial charge in [0.05, 0.1) is 50.6 Å². The van der Waals surface area contributed by atoms with Crippen molar-refractivity contribution in [2.45, 2.75) is 98.0 Å². The van der Waals surface area contributed by atoms with Crippen molar-refractivity contribution < 1.29 is 70.0 Å². The molecule has 4 fully saturated rings. The van der Waals surface area contributed by atoms with Gasteiger partial charge in [0.15, 0.2) is 69.6 Å². The Morgan fingerprint density at radius 3 is 1.13 bits per heavy atom. The number of aromatic amines is 4. The quantitative estimate of drug-likeness (QED) is 0.0505. The molecule has 46 heteroatoms. The van der Waals surface area contributed by atoms with Crippen LogP contribution in [0.25, 0.3) is 44.7 Å². The van der Waals surface area contributed by atoms with Gasteiger partial charge in [0, 0.05) is 13.1 Å². The van der Waals surface area contributed by atoms with Gasteiger partial charge in [-0.15, -0.1) is 0 Å². The van der Waals surface area contributed by atoms with Crippen molar-refractivity contribution >= 4 is 79.8 Å². The van der Waals surface area contributed by atoms with Crippen LogP contribution in [0.1, 0.15) is 24.9 Å². The number of H-pyrrole nitrogens is 4. The first-order valence-corrected chi connectivity index (χ1v) is 27.5. The monoisotopic (exact) mass is 1320 g/mol. The van der Waals surface area contributed by atoms with Crippen LogP contribution in [-0.2, 0) is 18.9 Å². The second kappa shape index (κ2) is 25.1. The third-order valence-corrected chi connectivity index (χ3v) is 15.5. The molecular weight excluding hydrogens is 1260 g/mol. The van der Waals surface area contributed by atoms with Crippen molar-refractivity contribution in [1.29, 1.82) is 0 Å². The third kappa shape index (κ3) is 11.2. The van der Waals surface area contributed by atoms with Crippen molar-refractivity contribution in [1.82, 2.24) is 78.1 Å². The number of nitrogen functional groups attached to an aromatic ring is 4. The molecule has 0 radical (unpaired) electrons. The minimum Gasteiger partial charge on any atom is -0.501 e. The van der Waals surface area contributed by atoms with Crippen molar-refractivity contribution in [3.05, 3.63) is 108 Å². The minimum absolute atomic E-state index is 0.00361. The third-order valence-electron chi connectivity index (χ3n) is 15.5. The number of hydrogen-bond acceptors (Lipinski definition) is 38. The van der Waals surface area contributed by atoms with Gasteiger partial charge < -0.3 is 115 Å². The van der Waals surface area contributed by atoms with E-state index in [4.69, 9.17) is 68.7 Å². The number of nitrogens with one attached hydrogen (secondary N) is 6. The normalized spacial score (nSPS) is 27.4. The van der Waals surface area contributed by atoms with Gasteiger partial charge in [-0.05, 0) is 0 Å². The number of hydrogen-bond donors (Lipinski definition) is 22. The molecule has 0 aliphatic carbocycles. The molecule has 46 nitrogen and oxygen atoms in total. The molecule has 4 aliphatic rings. The first kappa shape index (κ1) is 64.9. The second-order valence-corrected chi connectivity index (χ2v) is 21.3. The van der Waals surface area contributed by atoms with Gasteiger partial charge in [-0.2, -0.15) is 19.9 Å². The molecule has 0 spiro atoms. The van der Waals surface area contributed by atoms with E-state index in [1.807, 2.05) is 0 Å². The minimum atomic E-state index is -1.51. The molecule has 8 aromatic heterocycles. The lowest BCUT2D eigenvalue weighted by atomic mass is 10.0. The molecule has 0 unspecified atom stereocenters. The van der Waals surface area contributed by atoms with Gasteiger partial charge >= 0.3 is 0 Å². The van der Waals surface area contributed by atoms with E-state index in [9.17, 15) is 74.1 Å². The molecule has 0 bridgehead atoms. The summed E-state index contributed by atoms with van der Waals surface area (Å²) in [6.07, 6.45) is -10.7. The molecule has 94 heavy (non-hydrogen) atoms. The summed E-state index contributed by atoms with van der Waals surface area (Å²) in [5, 5.41) is 104. The highest BCUT2D eigenvalue weighted by Crippen LogP contribution is 2.36. The standard InChI is InChI=1S/C24H26N12O10.2C10H14N6O4.C4H2O4/c25-23-31-17-10(19(43)33-23)28-3-35(17)21-15(41)7(6(2-37)46-21)30-9-8(13(39)14(9)40)27-1-5-12(38)16(42)22(45-5)36-4-29-11-18(36)32-24(26)34-20(11)44;11-1-3-5(17)6(18)9(20-3)16-2-13-4-7(16)14-10(12)15-8(4)19;11-4-3(1-17)20-9(6(4)18)16-2-13-5-7(16)14-10(12)15-8(5)19;5-1-2(6)4(8)3(1)7/h3-7,12,15-16,21-22,27,30,37-38,41-42H,1-2H2,(H3,25,31,33,43)(H3,26,32,34,44);2-3,5-6,9,17-18H,1,11H2,(H3,12,14,15,19);2-4,6,9,17-18H,1,11H2,(H3,12,14,15,19);5-6H/t5-,6-,7-,12-,15-,16-,21-,22-;3-,5-,6-,9-;3-,4-,6-,9-;/m111./s1. The zero-order valence-electron chi connectivity index (χ0n) is 47.6. The fraction of sp³-hybridized carbons (Fsp3) is 0.417. The fourth-order valence-electron chi connectivity index (χ4n) is 10.7. The van der Waals surface area contributed by atoms with E-state index in [2.05, 4.69) is 70.4 Å². The maximum Gasteiger partial charge on any atom is 0.280 e.